The Kier molecular flexibility index (Phi) is 10.2. The Bertz CT molecular complexity index is 1320. The van der Waals surface area contributed by atoms with Crippen molar-refractivity contribution in [1.82, 2.24) is 0 Å². The summed E-state index contributed by atoms with van der Waals surface area (Å²) >= 11 is 0. The molecule has 0 N–H and O–H groups in total. The summed E-state index contributed by atoms with van der Waals surface area (Å²) in [6.45, 7) is 3.63. The number of hydrogen-bond acceptors (Lipinski definition) is 6. The molecule has 3 aromatic rings. The van der Waals surface area contributed by atoms with Gasteiger partial charge in [-0.2, -0.15) is 8.78 Å². The first kappa shape index (κ1) is 29.8. The van der Waals surface area contributed by atoms with E-state index in [-0.39, 0.29) is 12.2 Å². The molecule has 0 saturated heterocycles. The summed E-state index contributed by atoms with van der Waals surface area (Å²) in [5.74, 6) is -14.0. The van der Waals surface area contributed by atoms with Gasteiger partial charge in [0.2, 0.25) is 34.8 Å². The third-order valence-corrected chi connectivity index (χ3v) is 6.81. The van der Waals surface area contributed by atoms with E-state index < -0.39 is 60.5 Å². The predicted octanol–water partition coefficient (Wildman–Crippen LogP) is 7.40. The van der Waals surface area contributed by atoms with Crippen LogP contribution in [0, 0.1) is 29.1 Å². The van der Waals surface area contributed by atoms with Crippen molar-refractivity contribution in [3.05, 3.63) is 95.3 Å². The van der Waals surface area contributed by atoms with Gasteiger partial charge in [-0.05, 0) is 30.5 Å². The van der Waals surface area contributed by atoms with Gasteiger partial charge in [0, 0.05) is 6.42 Å². The maximum absolute atomic E-state index is 14.4. The van der Waals surface area contributed by atoms with Crippen molar-refractivity contribution >= 4 is 19.5 Å². The first-order valence-corrected chi connectivity index (χ1v) is 13.5. The van der Waals surface area contributed by atoms with Crippen LogP contribution in [0.5, 0.6) is 11.5 Å². The van der Waals surface area contributed by atoms with E-state index >= 15 is 0 Å². The third kappa shape index (κ3) is 7.66. The highest BCUT2D eigenvalue weighted by Crippen LogP contribution is 2.48. The molecule has 1 unspecified atom stereocenters. The Morgan fingerprint density at radius 3 is 1.87 bits per heavy atom. The summed E-state index contributed by atoms with van der Waals surface area (Å²) in [5, 5.41) is 0. The monoisotopic (exact) mass is 569 g/mol. The highest BCUT2D eigenvalue weighted by molar-refractivity contribution is 7.70. The van der Waals surface area contributed by atoms with Crippen molar-refractivity contribution in [2.45, 2.75) is 45.3 Å². The van der Waals surface area contributed by atoms with Gasteiger partial charge in [-0.25, -0.2) is 22.5 Å². The van der Waals surface area contributed by atoms with E-state index in [4.69, 9.17) is 13.8 Å². The lowest BCUT2D eigenvalue weighted by Crippen LogP contribution is -2.28. The summed E-state index contributed by atoms with van der Waals surface area (Å²) < 4.78 is 99.1. The second-order valence-corrected chi connectivity index (χ2v) is 9.96. The third-order valence-electron chi connectivity index (χ3n) is 5.49. The number of para-hydroxylation sites is 1. The Labute approximate surface area is 222 Å². The molecule has 0 heterocycles. The van der Waals surface area contributed by atoms with E-state index in [0.717, 1.165) is 0 Å². The van der Waals surface area contributed by atoms with Crippen molar-refractivity contribution in [1.29, 1.82) is 0 Å². The average Bonchev–Trinajstić information content (AvgIpc) is 2.95. The largest absolute Gasteiger partial charge is 0.473 e. The number of ether oxygens (including phenoxy) is 1. The van der Waals surface area contributed by atoms with Crippen LogP contribution in [0.25, 0.3) is 0 Å². The molecule has 3 aromatic carbocycles. The lowest BCUT2D eigenvalue weighted by atomic mass is 10.1. The quantitative estimate of drug-likeness (QED) is 0.0568. The molecule has 12 heteroatoms. The lowest BCUT2D eigenvalue weighted by molar-refractivity contribution is -0.150. The van der Waals surface area contributed by atoms with Crippen molar-refractivity contribution in [3.63, 3.8) is 0 Å². The van der Waals surface area contributed by atoms with Crippen LogP contribution in [0.3, 0.4) is 0 Å². The van der Waals surface area contributed by atoms with Gasteiger partial charge in [0.1, 0.15) is 17.8 Å². The first-order valence-electron chi connectivity index (χ1n) is 11.9. The number of carbonyl (C=O) groups is 1. The highest BCUT2D eigenvalue weighted by atomic mass is 31.2. The lowest BCUT2D eigenvalue weighted by Gasteiger charge is -2.20. The standard InChI is InChI=1S/C27H25F5NO5P/c1-3-18(4-2)36-27(34)20(15-17-11-7-5-8-12-17)33-16-39(35,37-19-13-9-6-10-14-19)38-26-24(31)22(29)21(28)23(30)25(26)32/h5-14,16,18,20H,3-4,15H2,1-2H3/t20-,39?/m0/s1. The van der Waals surface area contributed by atoms with Crippen LogP contribution < -0.4 is 9.05 Å². The van der Waals surface area contributed by atoms with Crippen LogP contribution in [0.15, 0.2) is 65.7 Å². The van der Waals surface area contributed by atoms with Gasteiger partial charge >= 0.3 is 13.6 Å². The minimum atomic E-state index is -4.95. The maximum Gasteiger partial charge on any atom is 0.473 e. The molecule has 0 radical (unpaired) electrons. The molecule has 0 aromatic heterocycles. The predicted molar refractivity (Wildman–Crippen MR) is 134 cm³/mol. The van der Waals surface area contributed by atoms with Gasteiger partial charge in [0.05, 0.1) is 0 Å². The summed E-state index contributed by atoms with van der Waals surface area (Å²) in [4.78, 5) is 17.0. The Hall–Kier alpha value is -3.72. The minimum Gasteiger partial charge on any atom is -0.461 e. The van der Waals surface area contributed by atoms with Crippen molar-refractivity contribution in [2.75, 3.05) is 0 Å². The molecule has 0 fully saturated rings. The summed E-state index contributed by atoms with van der Waals surface area (Å²) in [6.07, 6.45) is 0.582. The molecule has 0 bridgehead atoms. The molecule has 6 nitrogen and oxygen atoms in total. The summed E-state index contributed by atoms with van der Waals surface area (Å²) in [7, 11) is -4.95. The molecular weight excluding hydrogens is 544 g/mol. The fraction of sp³-hybridized carbons (Fsp3) is 0.259. The van der Waals surface area contributed by atoms with E-state index in [1.807, 2.05) is 13.8 Å². The number of rotatable bonds is 12. The van der Waals surface area contributed by atoms with Crippen molar-refractivity contribution < 1.29 is 45.1 Å². The zero-order valence-electron chi connectivity index (χ0n) is 21.0. The Balaban J connectivity index is 2.04. The van der Waals surface area contributed by atoms with E-state index in [1.165, 1.54) is 24.3 Å². The number of halogens is 5. The van der Waals surface area contributed by atoms with Crippen LogP contribution in [-0.4, -0.2) is 24.1 Å². The molecule has 0 amide bonds. The first-order chi connectivity index (χ1) is 18.6. The number of carbonyl (C=O) groups excluding carboxylic acids is 1. The Morgan fingerprint density at radius 1 is 0.821 bits per heavy atom. The number of benzene rings is 3. The highest BCUT2D eigenvalue weighted by Gasteiger charge is 2.35. The van der Waals surface area contributed by atoms with Gasteiger partial charge < -0.3 is 13.8 Å². The van der Waals surface area contributed by atoms with Gasteiger partial charge in [0.25, 0.3) is 0 Å². The normalized spacial score (nSPS) is 13.7. The van der Waals surface area contributed by atoms with Gasteiger partial charge in [0.15, 0.2) is 6.04 Å². The van der Waals surface area contributed by atoms with E-state index in [9.17, 15) is 31.3 Å². The fourth-order valence-corrected chi connectivity index (χ4v) is 4.67. The number of aliphatic imine (C=N–C) groups is 1. The molecule has 2 atom stereocenters. The van der Waals surface area contributed by atoms with Crippen molar-refractivity contribution in [3.8, 4) is 11.5 Å². The molecule has 39 heavy (non-hydrogen) atoms. The number of hydrogen-bond donors (Lipinski definition) is 0. The fourth-order valence-electron chi connectivity index (χ4n) is 3.38. The van der Waals surface area contributed by atoms with E-state index in [1.54, 1.807) is 36.4 Å². The SMILES string of the molecule is CCC(CC)OC(=O)[C@H](Cc1ccccc1)N=CP(=O)(Oc1ccccc1)Oc1c(F)c(F)c(F)c(F)c1F. The van der Waals surface area contributed by atoms with Crippen LogP contribution in [-0.2, 0) is 20.5 Å². The molecule has 0 spiro atoms. The van der Waals surface area contributed by atoms with E-state index in [0.29, 0.717) is 24.4 Å². The Morgan fingerprint density at radius 2 is 1.33 bits per heavy atom. The van der Waals surface area contributed by atoms with Gasteiger partial charge in [-0.15, -0.1) is 0 Å². The van der Waals surface area contributed by atoms with Gasteiger partial charge in [-0.1, -0.05) is 62.4 Å². The van der Waals surface area contributed by atoms with Crippen LogP contribution >= 0.6 is 7.60 Å². The van der Waals surface area contributed by atoms with E-state index in [2.05, 4.69) is 4.99 Å². The molecule has 3 rings (SSSR count). The summed E-state index contributed by atoms with van der Waals surface area (Å²) in [6, 6.07) is 14.5. The molecule has 0 aliphatic heterocycles. The van der Waals surface area contributed by atoms with Crippen LogP contribution in [0.1, 0.15) is 32.3 Å². The molecular formula is C27H25F5NO5P. The smallest absolute Gasteiger partial charge is 0.461 e. The second kappa shape index (κ2) is 13.4. The van der Waals surface area contributed by atoms with Crippen LogP contribution in [0.4, 0.5) is 22.0 Å². The minimum absolute atomic E-state index is 0.0236. The van der Waals surface area contributed by atoms with Gasteiger partial charge in [-0.3, -0.25) is 4.99 Å². The van der Waals surface area contributed by atoms with Crippen molar-refractivity contribution in [2.24, 2.45) is 4.99 Å². The molecule has 0 saturated carbocycles. The molecule has 0 aliphatic carbocycles. The maximum atomic E-state index is 14.4. The van der Waals surface area contributed by atoms with Crippen LogP contribution in [0.2, 0.25) is 0 Å². The second-order valence-electron chi connectivity index (χ2n) is 8.28. The summed E-state index contributed by atoms with van der Waals surface area (Å²) in [5.41, 5.74) is 0.653. The molecule has 0 aliphatic rings. The zero-order chi connectivity index (χ0) is 28.6. The number of nitrogens with zero attached hydrogens (tertiary/aromatic N) is 1. The average molecular weight is 569 g/mol. The topological polar surface area (TPSA) is 74.2 Å². The number of esters is 1. The zero-order valence-corrected chi connectivity index (χ0v) is 21.8. The molecule has 208 valence electrons.